The zero-order chi connectivity index (χ0) is 16.2. The summed E-state index contributed by atoms with van der Waals surface area (Å²) in [6.45, 7) is 0. The number of rotatable bonds is 5. The third-order valence-electron chi connectivity index (χ3n) is 4.10. The zero-order valence-electron chi connectivity index (χ0n) is 12.6. The molecule has 3 heteroatoms. The SMILES string of the molecule is C#CC(Cc1ccccc1)OC(=O)C1CC1c1ccc(F)cc1. The molecule has 3 rings (SSSR count). The van der Waals surface area contributed by atoms with Crippen LogP contribution in [0.5, 0.6) is 0 Å². The summed E-state index contributed by atoms with van der Waals surface area (Å²) in [6, 6.07) is 16.0. The molecule has 0 heterocycles. The molecular formula is C20H17FO2. The molecule has 116 valence electrons. The Balaban J connectivity index is 1.57. The highest BCUT2D eigenvalue weighted by Gasteiger charge is 2.45. The summed E-state index contributed by atoms with van der Waals surface area (Å²) in [5.74, 6) is 1.93. The van der Waals surface area contributed by atoms with Gasteiger partial charge in [-0.05, 0) is 35.6 Å². The van der Waals surface area contributed by atoms with Crippen molar-refractivity contribution in [3.63, 3.8) is 0 Å². The van der Waals surface area contributed by atoms with E-state index in [0.717, 1.165) is 17.5 Å². The summed E-state index contributed by atoms with van der Waals surface area (Å²) >= 11 is 0. The van der Waals surface area contributed by atoms with Crippen molar-refractivity contribution in [1.29, 1.82) is 0 Å². The van der Waals surface area contributed by atoms with E-state index in [1.54, 1.807) is 12.1 Å². The van der Waals surface area contributed by atoms with Gasteiger partial charge in [-0.1, -0.05) is 48.4 Å². The minimum absolute atomic E-state index is 0.109. The van der Waals surface area contributed by atoms with E-state index >= 15 is 0 Å². The molecule has 2 aromatic carbocycles. The van der Waals surface area contributed by atoms with E-state index in [1.165, 1.54) is 12.1 Å². The number of carbonyl (C=O) groups is 1. The van der Waals surface area contributed by atoms with E-state index in [9.17, 15) is 9.18 Å². The van der Waals surface area contributed by atoms with Crippen LogP contribution in [0.1, 0.15) is 23.5 Å². The Morgan fingerprint density at radius 1 is 1.22 bits per heavy atom. The number of hydrogen-bond acceptors (Lipinski definition) is 2. The van der Waals surface area contributed by atoms with Gasteiger partial charge in [0.25, 0.3) is 0 Å². The predicted octanol–water partition coefficient (Wildman–Crippen LogP) is 3.72. The Kier molecular flexibility index (Phi) is 4.43. The molecule has 1 aliphatic rings. The highest BCUT2D eigenvalue weighted by atomic mass is 19.1. The highest BCUT2D eigenvalue weighted by Crippen LogP contribution is 2.48. The number of esters is 1. The Hall–Kier alpha value is -2.60. The first kappa shape index (κ1) is 15.3. The maximum absolute atomic E-state index is 12.9. The van der Waals surface area contributed by atoms with E-state index < -0.39 is 6.10 Å². The first-order chi connectivity index (χ1) is 11.2. The van der Waals surface area contributed by atoms with Crippen LogP contribution in [0.4, 0.5) is 4.39 Å². The van der Waals surface area contributed by atoms with Crippen molar-refractivity contribution in [3.8, 4) is 12.3 Å². The van der Waals surface area contributed by atoms with Gasteiger partial charge in [-0.15, -0.1) is 6.42 Å². The lowest BCUT2D eigenvalue weighted by molar-refractivity contribution is -0.148. The van der Waals surface area contributed by atoms with Crippen LogP contribution in [0.2, 0.25) is 0 Å². The summed E-state index contributed by atoms with van der Waals surface area (Å²) in [5.41, 5.74) is 2.00. The van der Waals surface area contributed by atoms with E-state index in [0.29, 0.717) is 6.42 Å². The third kappa shape index (κ3) is 3.78. The maximum atomic E-state index is 12.9. The van der Waals surface area contributed by atoms with Crippen LogP contribution in [0.3, 0.4) is 0 Å². The fraction of sp³-hybridized carbons (Fsp3) is 0.250. The number of terminal acetylenes is 1. The average Bonchev–Trinajstić information content (AvgIpc) is 3.36. The summed E-state index contributed by atoms with van der Waals surface area (Å²) in [6.07, 6.45) is 6.17. The number of hydrogen-bond donors (Lipinski definition) is 0. The molecule has 1 saturated carbocycles. The van der Waals surface area contributed by atoms with Crippen molar-refractivity contribution in [2.75, 3.05) is 0 Å². The first-order valence-corrected chi connectivity index (χ1v) is 7.63. The van der Waals surface area contributed by atoms with Gasteiger partial charge in [0.15, 0.2) is 6.10 Å². The van der Waals surface area contributed by atoms with Gasteiger partial charge in [0, 0.05) is 6.42 Å². The van der Waals surface area contributed by atoms with E-state index in [2.05, 4.69) is 5.92 Å². The summed E-state index contributed by atoms with van der Waals surface area (Å²) < 4.78 is 18.4. The molecule has 0 saturated heterocycles. The van der Waals surface area contributed by atoms with Gasteiger partial charge < -0.3 is 4.74 Å². The smallest absolute Gasteiger partial charge is 0.310 e. The molecular weight excluding hydrogens is 291 g/mol. The van der Waals surface area contributed by atoms with Crippen LogP contribution in [0, 0.1) is 24.1 Å². The van der Waals surface area contributed by atoms with Gasteiger partial charge in [-0.25, -0.2) is 4.39 Å². The van der Waals surface area contributed by atoms with Crippen LogP contribution in [0.25, 0.3) is 0 Å². The van der Waals surface area contributed by atoms with Gasteiger partial charge in [-0.2, -0.15) is 0 Å². The van der Waals surface area contributed by atoms with E-state index in [-0.39, 0.29) is 23.6 Å². The van der Waals surface area contributed by atoms with Crippen LogP contribution < -0.4 is 0 Å². The third-order valence-corrected chi connectivity index (χ3v) is 4.10. The molecule has 0 aliphatic heterocycles. The van der Waals surface area contributed by atoms with Crippen LogP contribution in [-0.4, -0.2) is 12.1 Å². The van der Waals surface area contributed by atoms with Gasteiger partial charge in [-0.3, -0.25) is 4.79 Å². The fourth-order valence-corrected chi connectivity index (χ4v) is 2.72. The largest absolute Gasteiger partial charge is 0.449 e. The van der Waals surface area contributed by atoms with E-state index in [1.807, 2.05) is 30.3 Å². The normalized spacial score (nSPS) is 20.3. The molecule has 1 fully saturated rings. The number of halogens is 1. The van der Waals surface area contributed by atoms with Crippen molar-refractivity contribution >= 4 is 5.97 Å². The molecule has 2 aromatic rings. The molecule has 0 aromatic heterocycles. The second-order valence-corrected chi connectivity index (χ2v) is 5.78. The van der Waals surface area contributed by atoms with Gasteiger partial charge in [0.2, 0.25) is 0 Å². The number of ether oxygens (including phenoxy) is 1. The number of benzene rings is 2. The van der Waals surface area contributed by atoms with Crippen molar-refractivity contribution < 1.29 is 13.9 Å². The summed E-state index contributed by atoms with van der Waals surface area (Å²) in [7, 11) is 0. The maximum Gasteiger partial charge on any atom is 0.310 e. The van der Waals surface area contributed by atoms with Crippen molar-refractivity contribution in [2.45, 2.75) is 24.9 Å². The molecule has 3 unspecified atom stereocenters. The molecule has 0 bridgehead atoms. The van der Waals surface area contributed by atoms with Gasteiger partial charge in [0.05, 0.1) is 5.92 Å². The predicted molar refractivity (Wildman–Crippen MR) is 86.1 cm³/mol. The lowest BCUT2D eigenvalue weighted by Gasteiger charge is -2.12. The van der Waals surface area contributed by atoms with Crippen molar-refractivity contribution in [2.24, 2.45) is 5.92 Å². The second kappa shape index (κ2) is 6.66. The minimum Gasteiger partial charge on any atom is -0.449 e. The topological polar surface area (TPSA) is 26.3 Å². The van der Waals surface area contributed by atoms with Crippen LogP contribution in [-0.2, 0) is 16.0 Å². The summed E-state index contributed by atoms with van der Waals surface area (Å²) in [4.78, 5) is 12.2. The fourth-order valence-electron chi connectivity index (χ4n) is 2.72. The lowest BCUT2D eigenvalue weighted by atomic mass is 10.1. The Morgan fingerprint density at radius 3 is 2.57 bits per heavy atom. The van der Waals surface area contributed by atoms with Crippen LogP contribution >= 0.6 is 0 Å². The summed E-state index contributed by atoms with van der Waals surface area (Å²) in [5, 5.41) is 0. The molecule has 0 N–H and O–H groups in total. The monoisotopic (exact) mass is 308 g/mol. The first-order valence-electron chi connectivity index (χ1n) is 7.63. The number of carbonyl (C=O) groups excluding carboxylic acids is 1. The minimum atomic E-state index is -0.556. The van der Waals surface area contributed by atoms with Crippen LogP contribution in [0.15, 0.2) is 54.6 Å². The molecule has 0 spiro atoms. The molecule has 1 aliphatic carbocycles. The highest BCUT2D eigenvalue weighted by molar-refractivity contribution is 5.77. The van der Waals surface area contributed by atoms with Gasteiger partial charge >= 0.3 is 5.97 Å². The molecule has 23 heavy (non-hydrogen) atoms. The lowest BCUT2D eigenvalue weighted by Crippen LogP contribution is -2.20. The van der Waals surface area contributed by atoms with Crippen molar-refractivity contribution in [1.82, 2.24) is 0 Å². The zero-order valence-corrected chi connectivity index (χ0v) is 12.6. The molecule has 2 nitrogen and oxygen atoms in total. The Morgan fingerprint density at radius 2 is 1.91 bits per heavy atom. The Labute approximate surface area is 135 Å². The standard InChI is InChI=1S/C20H17FO2/c1-2-17(12-14-6-4-3-5-7-14)23-20(22)19-13-18(19)15-8-10-16(21)11-9-15/h1,3-11,17-19H,12-13H2. The molecule has 0 amide bonds. The van der Waals surface area contributed by atoms with Gasteiger partial charge in [0.1, 0.15) is 5.82 Å². The average molecular weight is 308 g/mol. The molecule has 3 atom stereocenters. The Bertz CT molecular complexity index is 716. The van der Waals surface area contributed by atoms with Crippen molar-refractivity contribution in [3.05, 3.63) is 71.5 Å². The van der Waals surface area contributed by atoms with E-state index in [4.69, 9.17) is 11.2 Å². The molecule has 0 radical (unpaired) electrons. The quantitative estimate of drug-likeness (QED) is 0.621. The second-order valence-electron chi connectivity index (χ2n) is 5.78.